The van der Waals surface area contributed by atoms with Crippen LogP contribution in [0, 0.1) is 40.8 Å². The lowest BCUT2D eigenvalue weighted by molar-refractivity contribution is 0.140. The van der Waals surface area contributed by atoms with E-state index in [4.69, 9.17) is 5.26 Å². The van der Waals surface area contributed by atoms with Crippen LogP contribution < -0.4 is 0 Å². The second-order valence-corrected chi connectivity index (χ2v) is 10.1. The van der Waals surface area contributed by atoms with Gasteiger partial charge in [-0.05, 0) is 98.8 Å². The fourth-order valence-electron chi connectivity index (χ4n) is 5.93. The number of halogens is 2. The van der Waals surface area contributed by atoms with E-state index in [1.165, 1.54) is 94.8 Å². The molecule has 2 aliphatic rings. The molecule has 2 fully saturated rings. The summed E-state index contributed by atoms with van der Waals surface area (Å²) in [5.74, 6) is 2.76. The highest BCUT2D eigenvalue weighted by Gasteiger charge is 2.30. The van der Waals surface area contributed by atoms with Gasteiger partial charge < -0.3 is 0 Å². The van der Waals surface area contributed by atoms with Crippen molar-refractivity contribution in [3.63, 3.8) is 0 Å². The van der Waals surface area contributed by atoms with E-state index in [2.05, 4.69) is 0 Å². The van der Waals surface area contributed by atoms with E-state index >= 15 is 0 Å². The summed E-state index contributed by atoms with van der Waals surface area (Å²) in [4.78, 5) is 0. The summed E-state index contributed by atoms with van der Waals surface area (Å²) >= 11 is 0. The lowest BCUT2D eigenvalue weighted by atomic mass is 9.68. The third-order valence-corrected chi connectivity index (χ3v) is 7.92. The Kier molecular flexibility index (Phi) is 10.5. The highest BCUT2D eigenvalue weighted by molar-refractivity contribution is 5.18. The van der Waals surface area contributed by atoms with Gasteiger partial charge in [0.2, 0.25) is 0 Å². The summed E-state index contributed by atoms with van der Waals surface area (Å²) in [6.45, 7) is 0. The van der Waals surface area contributed by atoms with Crippen molar-refractivity contribution in [2.75, 3.05) is 0 Å². The molecule has 0 bridgehead atoms. The zero-order valence-electron chi connectivity index (χ0n) is 19.5. The third kappa shape index (κ3) is 8.53. The Balaban J connectivity index is 1.24. The van der Waals surface area contributed by atoms with Gasteiger partial charge in [0.25, 0.3) is 0 Å². The topological polar surface area (TPSA) is 23.8 Å². The number of rotatable bonds is 10. The van der Waals surface area contributed by atoms with E-state index in [9.17, 15) is 8.78 Å². The summed E-state index contributed by atoms with van der Waals surface area (Å²) in [7, 11) is 0. The average Bonchev–Trinajstić information content (AvgIpc) is 2.83. The Morgan fingerprint density at radius 2 is 1.47 bits per heavy atom. The van der Waals surface area contributed by atoms with Crippen molar-refractivity contribution in [2.45, 2.75) is 89.9 Å². The summed E-state index contributed by atoms with van der Waals surface area (Å²) in [5.41, 5.74) is 1.26. The van der Waals surface area contributed by atoms with E-state index in [-0.39, 0.29) is 5.82 Å². The minimum absolute atomic E-state index is 0.144. The van der Waals surface area contributed by atoms with Crippen LogP contribution in [0.25, 0.3) is 0 Å². The summed E-state index contributed by atoms with van der Waals surface area (Å²) in [6.07, 6.45) is 23.2. The first kappa shape index (κ1) is 24.7. The van der Waals surface area contributed by atoms with Crippen LogP contribution in [-0.2, 0) is 6.42 Å². The SMILES string of the molecule is N#C/C(F)=C/C=C/CCC1CCC([C@H]2CC[C@H](CCCCc3ccc(F)cc3)CC2)CC1. The number of hydrogen-bond donors (Lipinski definition) is 0. The number of benzene rings is 1. The van der Waals surface area contributed by atoms with E-state index in [1.54, 1.807) is 18.2 Å². The number of nitriles is 1. The third-order valence-electron chi connectivity index (χ3n) is 7.92. The number of hydrogen-bond acceptors (Lipinski definition) is 1. The molecular weight excluding hydrogens is 400 g/mol. The quantitative estimate of drug-likeness (QED) is 0.203. The Labute approximate surface area is 193 Å². The Morgan fingerprint density at radius 1 is 0.875 bits per heavy atom. The highest BCUT2D eigenvalue weighted by Crippen LogP contribution is 2.43. The molecule has 0 saturated heterocycles. The molecule has 0 heterocycles. The molecule has 0 amide bonds. The first-order valence-corrected chi connectivity index (χ1v) is 12.8. The molecule has 1 aromatic rings. The predicted octanol–water partition coefficient (Wildman–Crippen LogP) is 8.86. The second kappa shape index (κ2) is 13.6. The van der Waals surface area contributed by atoms with Gasteiger partial charge in [0.05, 0.1) is 0 Å². The van der Waals surface area contributed by atoms with Crippen LogP contribution in [0.1, 0.15) is 89.0 Å². The molecule has 0 unspecified atom stereocenters. The fraction of sp³-hybridized carbons (Fsp3) is 0.621. The Hall–Kier alpha value is -1.95. The van der Waals surface area contributed by atoms with Gasteiger partial charge in [-0.25, -0.2) is 4.39 Å². The van der Waals surface area contributed by atoms with E-state index in [0.717, 1.165) is 36.5 Å². The maximum absolute atomic E-state index is 13.0. The van der Waals surface area contributed by atoms with Crippen LogP contribution in [-0.4, -0.2) is 0 Å². The number of aryl methyl sites for hydroxylation is 1. The molecule has 1 nitrogen and oxygen atoms in total. The minimum atomic E-state index is -0.721. The van der Waals surface area contributed by atoms with Gasteiger partial charge in [0.15, 0.2) is 5.83 Å². The largest absolute Gasteiger partial charge is 0.207 e. The molecule has 2 aliphatic carbocycles. The van der Waals surface area contributed by atoms with Gasteiger partial charge in [-0.1, -0.05) is 62.8 Å². The van der Waals surface area contributed by atoms with Gasteiger partial charge in [-0.3, -0.25) is 0 Å². The van der Waals surface area contributed by atoms with Crippen molar-refractivity contribution in [1.29, 1.82) is 5.26 Å². The second-order valence-electron chi connectivity index (χ2n) is 10.1. The lowest BCUT2D eigenvalue weighted by Gasteiger charge is -2.38. The Bertz CT molecular complexity index is 757. The summed E-state index contributed by atoms with van der Waals surface area (Å²) in [6, 6.07) is 8.47. The first-order chi connectivity index (χ1) is 15.6. The van der Waals surface area contributed by atoms with Crippen molar-refractivity contribution in [1.82, 2.24) is 0 Å². The monoisotopic (exact) mass is 439 g/mol. The fourth-order valence-corrected chi connectivity index (χ4v) is 5.93. The molecule has 174 valence electrons. The summed E-state index contributed by atoms with van der Waals surface area (Å²) < 4.78 is 25.7. The molecular formula is C29H39F2N. The van der Waals surface area contributed by atoms with Crippen molar-refractivity contribution >= 4 is 0 Å². The van der Waals surface area contributed by atoms with Crippen LogP contribution in [0.4, 0.5) is 8.78 Å². The lowest BCUT2D eigenvalue weighted by Crippen LogP contribution is -2.25. The molecule has 0 aliphatic heterocycles. The van der Waals surface area contributed by atoms with E-state index < -0.39 is 5.83 Å². The van der Waals surface area contributed by atoms with Gasteiger partial charge >= 0.3 is 0 Å². The van der Waals surface area contributed by atoms with Crippen molar-refractivity contribution in [3.8, 4) is 6.07 Å². The zero-order chi connectivity index (χ0) is 22.6. The molecule has 0 N–H and O–H groups in total. The smallest absolute Gasteiger partial charge is 0.199 e. The van der Waals surface area contributed by atoms with Gasteiger partial charge in [0, 0.05) is 0 Å². The van der Waals surface area contributed by atoms with Gasteiger partial charge in [-0.15, -0.1) is 0 Å². The predicted molar refractivity (Wildman–Crippen MR) is 128 cm³/mol. The standard InChI is InChI=1S/C29H39F2N/c30-28-20-14-25(15-21-28)8-5-4-7-24-12-18-27(19-13-24)26-16-10-23(11-17-26)6-2-1-3-9-29(31)22-32/h1,3,9,14-15,20-21,23-24,26-27H,2,4-8,10-13,16-19H2/b3-1+,29-9-/t23?,24-,26?,27-. The van der Waals surface area contributed by atoms with E-state index in [1.807, 2.05) is 18.2 Å². The highest BCUT2D eigenvalue weighted by atomic mass is 19.1. The molecule has 0 radical (unpaired) electrons. The molecule has 32 heavy (non-hydrogen) atoms. The van der Waals surface area contributed by atoms with Gasteiger partial charge in [-0.2, -0.15) is 9.65 Å². The van der Waals surface area contributed by atoms with Crippen LogP contribution in [0.3, 0.4) is 0 Å². The molecule has 0 spiro atoms. The van der Waals surface area contributed by atoms with Crippen LogP contribution in [0.15, 0.2) is 48.3 Å². The first-order valence-electron chi connectivity index (χ1n) is 12.8. The van der Waals surface area contributed by atoms with Crippen LogP contribution >= 0.6 is 0 Å². The zero-order valence-corrected chi connectivity index (χ0v) is 19.5. The molecule has 0 atom stereocenters. The summed E-state index contributed by atoms with van der Waals surface area (Å²) in [5, 5.41) is 8.40. The van der Waals surface area contributed by atoms with Crippen LogP contribution in [0.2, 0.25) is 0 Å². The maximum Gasteiger partial charge on any atom is 0.199 e. The minimum Gasteiger partial charge on any atom is -0.207 e. The van der Waals surface area contributed by atoms with Gasteiger partial charge in [0.1, 0.15) is 11.9 Å². The van der Waals surface area contributed by atoms with Crippen molar-refractivity contribution < 1.29 is 8.78 Å². The van der Waals surface area contributed by atoms with Crippen molar-refractivity contribution in [2.24, 2.45) is 23.7 Å². The Morgan fingerprint density at radius 3 is 2.06 bits per heavy atom. The van der Waals surface area contributed by atoms with E-state index in [0.29, 0.717) is 0 Å². The average molecular weight is 440 g/mol. The normalized spacial score (nSPS) is 26.8. The number of nitrogens with zero attached hydrogens (tertiary/aromatic N) is 1. The molecule has 3 rings (SSSR count). The maximum atomic E-state index is 13.0. The van der Waals surface area contributed by atoms with Crippen molar-refractivity contribution in [3.05, 3.63) is 59.7 Å². The molecule has 0 aromatic heterocycles. The number of unbranched alkanes of at least 4 members (excludes halogenated alkanes) is 1. The van der Waals surface area contributed by atoms with Crippen LogP contribution in [0.5, 0.6) is 0 Å². The molecule has 3 heteroatoms. The number of allylic oxidation sites excluding steroid dienone is 4. The molecule has 2 saturated carbocycles. The molecule has 1 aromatic carbocycles.